The summed E-state index contributed by atoms with van der Waals surface area (Å²) in [6.45, 7) is 0.566. The quantitative estimate of drug-likeness (QED) is 0.519. The van der Waals surface area contributed by atoms with Crippen molar-refractivity contribution < 1.29 is 9.47 Å². The largest absolute Gasteiger partial charge is 0.388 e. The molecule has 2 unspecified atom stereocenters. The van der Waals surface area contributed by atoms with Crippen molar-refractivity contribution in [2.24, 2.45) is 5.73 Å². The first-order valence-electron chi connectivity index (χ1n) is 5.19. The third-order valence-corrected chi connectivity index (χ3v) is 2.64. The first kappa shape index (κ1) is 11.5. The Labute approximate surface area is 85.3 Å². The Balaban J connectivity index is 2.14. The molecule has 1 aliphatic rings. The van der Waals surface area contributed by atoms with E-state index in [2.05, 4.69) is 0 Å². The van der Waals surface area contributed by atoms with Crippen molar-refractivity contribution in [2.45, 2.75) is 44.3 Å². The standard InChI is InChI=1S/C10H20N2O2/c1-13-8-3-2-4-9(7-8)14-6-5-10(11)12/h8-9H,2-7H2,1H3,(H3,11,12). The molecule has 0 amide bonds. The van der Waals surface area contributed by atoms with Crippen molar-refractivity contribution in [1.29, 1.82) is 5.41 Å². The summed E-state index contributed by atoms with van der Waals surface area (Å²) in [5.74, 6) is 0.198. The lowest BCUT2D eigenvalue weighted by Crippen LogP contribution is -2.28. The SMILES string of the molecule is COC1CCCC(OCCC(=N)N)C1. The van der Waals surface area contributed by atoms with Crippen molar-refractivity contribution in [2.75, 3.05) is 13.7 Å². The highest BCUT2D eigenvalue weighted by molar-refractivity contribution is 5.76. The van der Waals surface area contributed by atoms with Crippen molar-refractivity contribution in [3.8, 4) is 0 Å². The van der Waals surface area contributed by atoms with Crippen molar-refractivity contribution in [3.63, 3.8) is 0 Å². The third kappa shape index (κ3) is 4.07. The van der Waals surface area contributed by atoms with Crippen LogP contribution in [-0.2, 0) is 9.47 Å². The van der Waals surface area contributed by atoms with E-state index < -0.39 is 0 Å². The van der Waals surface area contributed by atoms with E-state index >= 15 is 0 Å². The Morgan fingerprint density at radius 2 is 2.14 bits per heavy atom. The number of ether oxygens (including phenoxy) is 2. The molecule has 0 aromatic rings. The van der Waals surface area contributed by atoms with Crippen LogP contribution in [0.25, 0.3) is 0 Å². The summed E-state index contributed by atoms with van der Waals surface area (Å²) in [6.07, 6.45) is 5.59. The van der Waals surface area contributed by atoms with Crippen molar-refractivity contribution in [3.05, 3.63) is 0 Å². The summed E-state index contributed by atoms with van der Waals surface area (Å²) >= 11 is 0. The van der Waals surface area contributed by atoms with Gasteiger partial charge in [0.25, 0.3) is 0 Å². The van der Waals surface area contributed by atoms with Gasteiger partial charge in [0.2, 0.25) is 0 Å². The molecule has 0 saturated heterocycles. The fraction of sp³-hybridized carbons (Fsp3) is 0.900. The van der Waals surface area contributed by atoms with E-state index in [1.165, 1.54) is 6.42 Å². The zero-order chi connectivity index (χ0) is 10.4. The molecule has 1 rings (SSSR count). The number of nitrogens with two attached hydrogens (primary N) is 1. The number of rotatable bonds is 5. The van der Waals surface area contributed by atoms with Gasteiger partial charge < -0.3 is 15.2 Å². The van der Waals surface area contributed by atoms with Crippen molar-refractivity contribution in [1.82, 2.24) is 0 Å². The lowest BCUT2D eigenvalue weighted by Gasteiger charge is -2.28. The van der Waals surface area contributed by atoms with Crippen LogP contribution in [0.1, 0.15) is 32.1 Å². The Bertz CT molecular complexity index is 185. The van der Waals surface area contributed by atoms with E-state index in [1.54, 1.807) is 7.11 Å². The molecule has 4 nitrogen and oxygen atoms in total. The van der Waals surface area contributed by atoms with Gasteiger partial charge in [0.1, 0.15) is 0 Å². The minimum Gasteiger partial charge on any atom is -0.388 e. The minimum absolute atomic E-state index is 0.198. The molecule has 3 N–H and O–H groups in total. The van der Waals surface area contributed by atoms with Gasteiger partial charge in [-0.2, -0.15) is 0 Å². The van der Waals surface area contributed by atoms with E-state index in [0.29, 0.717) is 25.2 Å². The second kappa shape index (κ2) is 5.98. The van der Waals surface area contributed by atoms with Gasteiger partial charge in [0.15, 0.2) is 0 Å². The average Bonchev–Trinajstić information content (AvgIpc) is 2.18. The number of methoxy groups -OCH3 is 1. The number of hydrogen-bond donors (Lipinski definition) is 2. The summed E-state index contributed by atoms with van der Waals surface area (Å²) in [5.41, 5.74) is 5.24. The number of amidine groups is 1. The number of hydrogen-bond acceptors (Lipinski definition) is 3. The van der Waals surface area contributed by atoms with Gasteiger partial charge in [-0.3, -0.25) is 5.41 Å². The Hall–Kier alpha value is -0.610. The summed E-state index contributed by atoms with van der Waals surface area (Å²) in [6, 6.07) is 0. The fourth-order valence-corrected chi connectivity index (χ4v) is 1.80. The highest BCUT2D eigenvalue weighted by Gasteiger charge is 2.21. The molecule has 0 aromatic carbocycles. The fourth-order valence-electron chi connectivity index (χ4n) is 1.80. The zero-order valence-corrected chi connectivity index (χ0v) is 8.79. The molecule has 1 fully saturated rings. The van der Waals surface area contributed by atoms with Gasteiger partial charge in [-0.1, -0.05) is 0 Å². The molecule has 2 atom stereocenters. The maximum absolute atomic E-state index is 7.06. The first-order valence-corrected chi connectivity index (χ1v) is 5.19. The molecule has 0 aliphatic heterocycles. The number of nitrogens with one attached hydrogen (secondary N) is 1. The Morgan fingerprint density at radius 3 is 2.79 bits per heavy atom. The lowest BCUT2D eigenvalue weighted by atomic mass is 9.95. The molecule has 0 spiro atoms. The molecule has 82 valence electrons. The normalized spacial score (nSPS) is 27.5. The predicted octanol–water partition coefficient (Wildman–Crippen LogP) is 1.29. The van der Waals surface area contributed by atoms with Crippen LogP contribution in [0.15, 0.2) is 0 Å². The second-order valence-corrected chi connectivity index (χ2v) is 3.79. The van der Waals surface area contributed by atoms with Crippen LogP contribution in [0.4, 0.5) is 0 Å². The predicted molar refractivity (Wildman–Crippen MR) is 55.5 cm³/mol. The summed E-state index contributed by atoms with van der Waals surface area (Å²) in [4.78, 5) is 0. The molecule has 0 bridgehead atoms. The third-order valence-electron chi connectivity index (χ3n) is 2.64. The summed E-state index contributed by atoms with van der Waals surface area (Å²) in [7, 11) is 1.75. The van der Waals surface area contributed by atoms with E-state index in [9.17, 15) is 0 Å². The van der Waals surface area contributed by atoms with Crippen LogP contribution in [0.3, 0.4) is 0 Å². The van der Waals surface area contributed by atoms with E-state index in [4.69, 9.17) is 20.6 Å². The van der Waals surface area contributed by atoms with Gasteiger partial charge in [0.05, 0.1) is 24.7 Å². The zero-order valence-electron chi connectivity index (χ0n) is 8.79. The second-order valence-electron chi connectivity index (χ2n) is 3.79. The van der Waals surface area contributed by atoms with Crippen LogP contribution in [0, 0.1) is 5.41 Å². The average molecular weight is 200 g/mol. The minimum atomic E-state index is 0.198. The first-order chi connectivity index (χ1) is 6.72. The van der Waals surface area contributed by atoms with Gasteiger partial charge in [-0.05, 0) is 25.7 Å². The summed E-state index contributed by atoms with van der Waals surface area (Å²) < 4.78 is 10.9. The molecule has 0 heterocycles. The van der Waals surface area contributed by atoms with E-state index in [1.807, 2.05) is 0 Å². The van der Waals surface area contributed by atoms with Crippen LogP contribution >= 0.6 is 0 Å². The topological polar surface area (TPSA) is 68.3 Å². The molecular formula is C10H20N2O2. The van der Waals surface area contributed by atoms with Gasteiger partial charge in [0, 0.05) is 13.5 Å². The van der Waals surface area contributed by atoms with Crippen LogP contribution < -0.4 is 5.73 Å². The molecule has 1 saturated carbocycles. The van der Waals surface area contributed by atoms with Gasteiger partial charge in [-0.15, -0.1) is 0 Å². The van der Waals surface area contributed by atoms with Crippen LogP contribution in [-0.4, -0.2) is 31.8 Å². The van der Waals surface area contributed by atoms with Gasteiger partial charge in [-0.25, -0.2) is 0 Å². The molecule has 14 heavy (non-hydrogen) atoms. The maximum atomic E-state index is 7.06. The van der Waals surface area contributed by atoms with E-state index in [-0.39, 0.29) is 5.84 Å². The molecule has 0 aromatic heterocycles. The lowest BCUT2D eigenvalue weighted by molar-refractivity contribution is -0.0272. The van der Waals surface area contributed by atoms with Crippen LogP contribution in [0.2, 0.25) is 0 Å². The molecule has 0 radical (unpaired) electrons. The monoisotopic (exact) mass is 200 g/mol. The molecule has 4 heteroatoms. The molecule has 1 aliphatic carbocycles. The Morgan fingerprint density at radius 1 is 1.43 bits per heavy atom. The van der Waals surface area contributed by atoms with E-state index in [0.717, 1.165) is 19.3 Å². The van der Waals surface area contributed by atoms with Crippen LogP contribution in [0.5, 0.6) is 0 Å². The highest BCUT2D eigenvalue weighted by atomic mass is 16.5. The highest BCUT2D eigenvalue weighted by Crippen LogP contribution is 2.22. The Kier molecular flexibility index (Phi) is 4.90. The summed E-state index contributed by atoms with van der Waals surface area (Å²) in [5, 5.41) is 7.06. The maximum Gasteiger partial charge on any atom is 0.0928 e. The molecular weight excluding hydrogens is 180 g/mol. The van der Waals surface area contributed by atoms with Gasteiger partial charge >= 0.3 is 0 Å². The smallest absolute Gasteiger partial charge is 0.0928 e. The van der Waals surface area contributed by atoms with Crippen molar-refractivity contribution >= 4 is 5.84 Å².